The minimum absolute atomic E-state index is 0.0215. The fourth-order valence-corrected chi connectivity index (χ4v) is 3.68. The molecule has 0 saturated heterocycles. The van der Waals surface area contributed by atoms with E-state index in [4.69, 9.17) is 9.47 Å². The van der Waals surface area contributed by atoms with Gasteiger partial charge in [-0.3, -0.25) is 4.79 Å². The van der Waals surface area contributed by atoms with Gasteiger partial charge in [0.2, 0.25) is 0 Å². The number of anilines is 1. The molecule has 1 amide bonds. The number of hydrogen-bond acceptors (Lipinski definition) is 4. The summed E-state index contributed by atoms with van der Waals surface area (Å²) in [6.45, 7) is 2.68. The van der Waals surface area contributed by atoms with Gasteiger partial charge in [0.25, 0.3) is 5.91 Å². The van der Waals surface area contributed by atoms with Crippen LogP contribution in [-0.4, -0.2) is 12.5 Å². The predicted molar refractivity (Wildman–Crippen MR) is 132 cm³/mol. The van der Waals surface area contributed by atoms with E-state index in [1.807, 2.05) is 55.5 Å². The molecule has 0 atom stereocenters. The van der Waals surface area contributed by atoms with E-state index in [-0.39, 0.29) is 5.57 Å². The molecule has 32 heavy (non-hydrogen) atoms. The molecular weight excluding hydrogens is 536 g/mol. The molecule has 3 rings (SSSR count). The number of carbonyl (C=O) groups is 1. The van der Waals surface area contributed by atoms with E-state index in [9.17, 15) is 10.1 Å². The van der Waals surface area contributed by atoms with Gasteiger partial charge in [0.1, 0.15) is 18.2 Å². The second-order valence-electron chi connectivity index (χ2n) is 6.67. The van der Waals surface area contributed by atoms with Crippen molar-refractivity contribution < 1.29 is 14.3 Å². The molecule has 0 aromatic heterocycles. The summed E-state index contributed by atoms with van der Waals surface area (Å²) in [5, 5.41) is 12.2. The van der Waals surface area contributed by atoms with Crippen molar-refractivity contribution in [3.05, 3.63) is 92.4 Å². The number of para-hydroxylation sites is 1. The number of rotatable bonds is 8. The SMILES string of the molecule is CCOc1cc(/C=C(/C#N)C(=O)Nc2ccccc2)cc(Br)c1OCc1ccc(Br)cc1. The Labute approximate surface area is 203 Å². The lowest BCUT2D eigenvalue weighted by molar-refractivity contribution is -0.112. The normalized spacial score (nSPS) is 10.9. The highest BCUT2D eigenvalue weighted by atomic mass is 79.9. The standard InChI is InChI=1S/C25H20Br2N2O3/c1-2-31-23-14-18(12-19(15-28)25(30)29-21-6-4-3-5-7-21)13-22(27)24(23)32-16-17-8-10-20(26)11-9-17/h3-14H,2,16H2,1H3,(H,29,30)/b19-12-. The molecule has 0 bridgehead atoms. The van der Waals surface area contributed by atoms with Crippen LogP contribution in [0.2, 0.25) is 0 Å². The maximum atomic E-state index is 12.5. The first-order chi connectivity index (χ1) is 15.5. The van der Waals surface area contributed by atoms with Crippen LogP contribution < -0.4 is 14.8 Å². The third-order valence-electron chi connectivity index (χ3n) is 4.34. The Hall–Kier alpha value is -3.08. The van der Waals surface area contributed by atoms with Crippen LogP contribution in [0.15, 0.2) is 81.2 Å². The van der Waals surface area contributed by atoms with E-state index in [0.717, 1.165) is 10.0 Å². The van der Waals surface area contributed by atoms with Crippen molar-refractivity contribution in [2.75, 3.05) is 11.9 Å². The summed E-state index contributed by atoms with van der Waals surface area (Å²) in [6, 6.07) is 22.3. The van der Waals surface area contributed by atoms with Crippen LogP contribution in [0.1, 0.15) is 18.1 Å². The predicted octanol–water partition coefficient (Wildman–Crippen LogP) is 6.73. The van der Waals surface area contributed by atoms with Crippen LogP contribution in [-0.2, 0) is 11.4 Å². The van der Waals surface area contributed by atoms with Gasteiger partial charge in [-0.25, -0.2) is 0 Å². The first kappa shape index (κ1) is 23.6. The summed E-state index contributed by atoms with van der Waals surface area (Å²) in [5.41, 5.74) is 2.24. The molecule has 1 N–H and O–H groups in total. The Kier molecular flexibility index (Phi) is 8.48. The summed E-state index contributed by atoms with van der Waals surface area (Å²) in [5.74, 6) is 0.591. The highest BCUT2D eigenvalue weighted by Gasteiger charge is 2.15. The topological polar surface area (TPSA) is 71.3 Å². The van der Waals surface area contributed by atoms with Gasteiger partial charge in [0, 0.05) is 10.2 Å². The van der Waals surface area contributed by atoms with Gasteiger partial charge in [-0.2, -0.15) is 5.26 Å². The van der Waals surface area contributed by atoms with E-state index >= 15 is 0 Å². The zero-order valence-electron chi connectivity index (χ0n) is 17.3. The van der Waals surface area contributed by atoms with Gasteiger partial charge in [-0.05, 0) is 76.5 Å². The van der Waals surface area contributed by atoms with Gasteiger partial charge < -0.3 is 14.8 Å². The second-order valence-corrected chi connectivity index (χ2v) is 8.44. The van der Waals surface area contributed by atoms with Crippen molar-refractivity contribution in [2.24, 2.45) is 0 Å². The van der Waals surface area contributed by atoms with Crippen molar-refractivity contribution >= 4 is 49.5 Å². The van der Waals surface area contributed by atoms with Crippen LogP contribution in [0.4, 0.5) is 5.69 Å². The maximum absolute atomic E-state index is 12.5. The van der Waals surface area contributed by atoms with E-state index < -0.39 is 5.91 Å². The molecule has 0 spiro atoms. The van der Waals surface area contributed by atoms with Gasteiger partial charge in [0.15, 0.2) is 11.5 Å². The van der Waals surface area contributed by atoms with Crippen molar-refractivity contribution in [1.82, 2.24) is 0 Å². The molecule has 0 aliphatic heterocycles. The molecule has 0 radical (unpaired) electrons. The monoisotopic (exact) mass is 554 g/mol. The lowest BCUT2D eigenvalue weighted by atomic mass is 10.1. The Morgan fingerprint density at radius 3 is 2.44 bits per heavy atom. The third-order valence-corrected chi connectivity index (χ3v) is 5.45. The third kappa shape index (κ3) is 6.46. The average molecular weight is 556 g/mol. The lowest BCUT2D eigenvalue weighted by Crippen LogP contribution is -2.13. The molecule has 162 valence electrons. The average Bonchev–Trinajstić information content (AvgIpc) is 2.79. The molecule has 0 aliphatic rings. The zero-order chi connectivity index (χ0) is 22.9. The number of nitrogens with one attached hydrogen (secondary N) is 1. The molecule has 5 nitrogen and oxygen atoms in total. The first-order valence-corrected chi connectivity index (χ1v) is 11.4. The molecule has 3 aromatic rings. The number of ether oxygens (including phenoxy) is 2. The quantitative estimate of drug-likeness (QED) is 0.247. The van der Waals surface area contributed by atoms with E-state index in [0.29, 0.717) is 40.4 Å². The van der Waals surface area contributed by atoms with Crippen molar-refractivity contribution in [3.63, 3.8) is 0 Å². The van der Waals surface area contributed by atoms with E-state index in [2.05, 4.69) is 37.2 Å². The number of halogens is 2. The van der Waals surface area contributed by atoms with Gasteiger partial charge >= 0.3 is 0 Å². The van der Waals surface area contributed by atoms with Crippen LogP contribution in [0.25, 0.3) is 6.08 Å². The van der Waals surface area contributed by atoms with Crippen LogP contribution in [0, 0.1) is 11.3 Å². The van der Waals surface area contributed by atoms with Gasteiger partial charge in [-0.1, -0.05) is 46.3 Å². The summed E-state index contributed by atoms with van der Waals surface area (Å²) in [7, 11) is 0. The minimum atomic E-state index is -0.483. The summed E-state index contributed by atoms with van der Waals surface area (Å²) in [6.07, 6.45) is 1.52. The first-order valence-electron chi connectivity index (χ1n) is 9.82. The molecule has 0 fully saturated rings. The maximum Gasteiger partial charge on any atom is 0.266 e. The molecular formula is C25H20Br2N2O3. The number of carbonyl (C=O) groups excluding carboxylic acids is 1. The second kappa shape index (κ2) is 11.5. The van der Waals surface area contributed by atoms with Crippen molar-refractivity contribution in [3.8, 4) is 17.6 Å². The largest absolute Gasteiger partial charge is 0.490 e. The summed E-state index contributed by atoms with van der Waals surface area (Å²) >= 11 is 6.95. The minimum Gasteiger partial charge on any atom is -0.490 e. The van der Waals surface area contributed by atoms with E-state index in [1.165, 1.54) is 6.08 Å². The Balaban J connectivity index is 1.84. The van der Waals surface area contributed by atoms with Crippen LogP contribution in [0.5, 0.6) is 11.5 Å². The smallest absolute Gasteiger partial charge is 0.266 e. The highest BCUT2D eigenvalue weighted by Crippen LogP contribution is 2.38. The number of nitrogens with zero attached hydrogens (tertiary/aromatic N) is 1. The van der Waals surface area contributed by atoms with E-state index in [1.54, 1.807) is 24.3 Å². The summed E-state index contributed by atoms with van der Waals surface area (Å²) < 4.78 is 13.4. The Bertz CT molecular complexity index is 1150. The number of benzene rings is 3. The van der Waals surface area contributed by atoms with Gasteiger partial charge in [-0.15, -0.1) is 0 Å². The fraction of sp³-hybridized carbons (Fsp3) is 0.120. The zero-order valence-corrected chi connectivity index (χ0v) is 20.4. The highest BCUT2D eigenvalue weighted by molar-refractivity contribution is 9.10. The molecule has 3 aromatic carbocycles. The van der Waals surface area contributed by atoms with Gasteiger partial charge in [0.05, 0.1) is 11.1 Å². The Morgan fingerprint density at radius 1 is 1.06 bits per heavy atom. The molecule has 7 heteroatoms. The lowest BCUT2D eigenvalue weighted by Gasteiger charge is -2.15. The summed E-state index contributed by atoms with van der Waals surface area (Å²) in [4.78, 5) is 12.5. The molecule has 0 unspecified atom stereocenters. The molecule has 0 heterocycles. The molecule has 0 aliphatic carbocycles. The number of hydrogen-bond donors (Lipinski definition) is 1. The number of amides is 1. The van der Waals surface area contributed by atoms with Crippen molar-refractivity contribution in [2.45, 2.75) is 13.5 Å². The molecule has 0 saturated carbocycles. The number of nitriles is 1. The van der Waals surface area contributed by atoms with Crippen LogP contribution in [0.3, 0.4) is 0 Å². The van der Waals surface area contributed by atoms with Crippen LogP contribution >= 0.6 is 31.9 Å². The Morgan fingerprint density at radius 2 is 1.78 bits per heavy atom. The van der Waals surface area contributed by atoms with Crippen molar-refractivity contribution in [1.29, 1.82) is 5.26 Å². The fourth-order valence-electron chi connectivity index (χ4n) is 2.85.